The molecule has 0 spiro atoms. The van der Waals surface area contributed by atoms with E-state index >= 15 is 0 Å². The van der Waals surface area contributed by atoms with Gasteiger partial charge in [-0.05, 0) is 36.4 Å². The number of methoxy groups -OCH3 is 1. The van der Waals surface area contributed by atoms with Crippen LogP contribution in [-0.4, -0.2) is 37.1 Å². The molecule has 3 aromatic carbocycles. The number of nitro groups is 1. The van der Waals surface area contributed by atoms with Crippen molar-refractivity contribution in [3.05, 3.63) is 76.8 Å². The Labute approximate surface area is 203 Å². The summed E-state index contributed by atoms with van der Waals surface area (Å²) in [7, 11) is -2.50. The molecular weight excluding hydrogens is 496 g/mol. The molecule has 35 heavy (non-hydrogen) atoms. The predicted octanol–water partition coefficient (Wildman–Crippen LogP) is 4.28. The zero-order valence-corrected chi connectivity index (χ0v) is 19.8. The van der Waals surface area contributed by atoms with E-state index in [1.54, 1.807) is 30.3 Å². The van der Waals surface area contributed by atoms with Gasteiger partial charge in [-0.25, -0.2) is 13.4 Å². The molecule has 0 radical (unpaired) electrons. The molecule has 0 saturated carbocycles. The molecule has 13 heteroatoms. The number of rotatable bonds is 9. The second kappa shape index (κ2) is 10.0. The predicted molar refractivity (Wildman–Crippen MR) is 130 cm³/mol. The number of nitrogens with zero attached hydrogens (tertiary/aromatic N) is 2. The maximum absolute atomic E-state index is 12.9. The third-order valence-corrected chi connectivity index (χ3v) is 6.89. The van der Waals surface area contributed by atoms with Gasteiger partial charge in [0.15, 0.2) is 5.58 Å². The van der Waals surface area contributed by atoms with Gasteiger partial charge < -0.3 is 14.5 Å². The Hall–Kier alpha value is -4.10. The number of thioether (sulfide) groups is 1. The van der Waals surface area contributed by atoms with Gasteiger partial charge in [-0.15, -0.1) is 0 Å². The molecule has 4 aromatic rings. The first-order chi connectivity index (χ1) is 16.8. The fraction of sp³-hybridized carbons (Fsp3) is 0.0909. The van der Waals surface area contributed by atoms with Crippen LogP contribution in [0.25, 0.3) is 11.1 Å². The molecule has 2 N–H and O–H groups in total. The Balaban J connectivity index is 1.46. The zero-order valence-electron chi connectivity index (χ0n) is 18.1. The van der Waals surface area contributed by atoms with Crippen LogP contribution < -0.4 is 14.8 Å². The van der Waals surface area contributed by atoms with Crippen LogP contribution in [0.3, 0.4) is 0 Å². The van der Waals surface area contributed by atoms with Gasteiger partial charge in [-0.3, -0.25) is 19.6 Å². The second-order valence-corrected chi connectivity index (χ2v) is 9.64. The lowest BCUT2D eigenvalue weighted by Gasteiger charge is -2.11. The van der Waals surface area contributed by atoms with Crippen LogP contribution in [0.2, 0.25) is 0 Å². The lowest BCUT2D eigenvalue weighted by molar-refractivity contribution is -0.383. The van der Waals surface area contributed by atoms with Crippen LogP contribution in [0.15, 0.2) is 81.3 Å². The number of benzene rings is 3. The highest BCUT2D eigenvalue weighted by molar-refractivity contribution is 7.99. The molecular formula is C22H18N4O7S2. The van der Waals surface area contributed by atoms with Crippen LogP contribution in [-0.2, 0) is 14.8 Å². The van der Waals surface area contributed by atoms with Gasteiger partial charge in [0, 0.05) is 6.07 Å². The Morgan fingerprint density at radius 2 is 1.83 bits per heavy atom. The number of aromatic nitrogens is 1. The number of carbonyl (C=O) groups excluding carboxylic acids is 1. The summed E-state index contributed by atoms with van der Waals surface area (Å²) in [6.07, 6.45) is 0. The normalized spacial score (nSPS) is 11.2. The van der Waals surface area contributed by atoms with Crippen LogP contribution in [0.4, 0.5) is 17.1 Å². The van der Waals surface area contributed by atoms with Crippen molar-refractivity contribution in [1.29, 1.82) is 0 Å². The van der Waals surface area contributed by atoms with Gasteiger partial charge in [0.1, 0.15) is 17.0 Å². The van der Waals surface area contributed by atoms with E-state index in [0.717, 1.165) is 11.8 Å². The standard InChI is InChI=1S/C22H18N4O7S2/c1-32-19-9-5-3-7-16(19)25-35(30,31)14-10-11-20-17(12-14)24-22(33-20)34-13-21(27)23-15-6-2-4-8-18(15)26(28)29/h2-12,25H,13H2,1H3,(H,23,27). The maximum atomic E-state index is 12.9. The van der Waals surface area contributed by atoms with E-state index in [9.17, 15) is 23.3 Å². The largest absolute Gasteiger partial charge is 0.495 e. The highest BCUT2D eigenvalue weighted by Gasteiger charge is 2.19. The third-order valence-electron chi connectivity index (χ3n) is 4.70. The molecule has 0 fully saturated rings. The quantitative estimate of drug-likeness (QED) is 0.189. The van der Waals surface area contributed by atoms with E-state index in [2.05, 4.69) is 15.0 Å². The first-order valence-electron chi connectivity index (χ1n) is 9.99. The molecule has 1 aromatic heterocycles. The van der Waals surface area contributed by atoms with Gasteiger partial charge >= 0.3 is 0 Å². The van der Waals surface area contributed by atoms with Crippen molar-refractivity contribution in [2.45, 2.75) is 10.1 Å². The Bertz CT molecular complexity index is 1520. The van der Waals surface area contributed by atoms with Crippen molar-refractivity contribution in [3.8, 4) is 5.75 Å². The summed E-state index contributed by atoms with van der Waals surface area (Å²) in [5, 5.41) is 13.7. The minimum Gasteiger partial charge on any atom is -0.495 e. The zero-order chi connectivity index (χ0) is 25.0. The van der Waals surface area contributed by atoms with E-state index in [-0.39, 0.29) is 38.4 Å². The molecule has 0 aliphatic heterocycles. The number of fused-ring (bicyclic) bond motifs is 1. The number of carbonyl (C=O) groups is 1. The van der Waals surface area contributed by atoms with E-state index < -0.39 is 20.9 Å². The lowest BCUT2D eigenvalue weighted by Crippen LogP contribution is -2.15. The van der Waals surface area contributed by atoms with Crippen LogP contribution in [0, 0.1) is 10.1 Å². The van der Waals surface area contributed by atoms with E-state index in [0.29, 0.717) is 11.3 Å². The smallest absolute Gasteiger partial charge is 0.292 e. The molecule has 4 rings (SSSR count). The van der Waals surface area contributed by atoms with Gasteiger partial charge in [0.2, 0.25) is 5.91 Å². The first kappa shape index (κ1) is 24.0. The van der Waals surface area contributed by atoms with Crippen LogP contribution >= 0.6 is 11.8 Å². The highest BCUT2D eigenvalue weighted by Crippen LogP contribution is 2.29. The Morgan fingerprint density at radius 1 is 1.11 bits per heavy atom. The molecule has 1 heterocycles. The van der Waals surface area contributed by atoms with Crippen molar-refractivity contribution in [3.63, 3.8) is 0 Å². The van der Waals surface area contributed by atoms with Gasteiger partial charge in [0.05, 0.1) is 28.4 Å². The van der Waals surface area contributed by atoms with Crippen molar-refractivity contribution in [1.82, 2.24) is 4.98 Å². The van der Waals surface area contributed by atoms with Crippen LogP contribution in [0.1, 0.15) is 0 Å². The summed E-state index contributed by atoms with van der Waals surface area (Å²) in [4.78, 5) is 27.0. The molecule has 0 bridgehead atoms. The highest BCUT2D eigenvalue weighted by atomic mass is 32.2. The molecule has 0 saturated heterocycles. The molecule has 11 nitrogen and oxygen atoms in total. The third kappa shape index (κ3) is 5.53. The summed E-state index contributed by atoms with van der Waals surface area (Å²) in [6, 6.07) is 16.6. The SMILES string of the molecule is COc1ccccc1NS(=O)(=O)c1ccc2oc(SCC(=O)Nc3ccccc3[N+](=O)[O-])nc2c1. The summed E-state index contributed by atoms with van der Waals surface area (Å²) < 4.78 is 39.0. The summed E-state index contributed by atoms with van der Waals surface area (Å²) >= 11 is 0.967. The lowest BCUT2D eigenvalue weighted by atomic mass is 10.2. The van der Waals surface area contributed by atoms with Crippen molar-refractivity contribution < 1.29 is 27.3 Å². The van der Waals surface area contributed by atoms with E-state index in [1.807, 2.05) is 0 Å². The molecule has 0 atom stereocenters. The first-order valence-corrected chi connectivity index (χ1v) is 12.5. The number of sulfonamides is 1. The van der Waals surface area contributed by atoms with Crippen LogP contribution in [0.5, 0.6) is 5.75 Å². The van der Waals surface area contributed by atoms with Gasteiger partial charge in [-0.2, -0.15) is 0 Å². The number of anilines is 2. The maximum Gasteiger partial charge on any atom is 0.292 e. The van der Waals surface area contributed by atoms with E-state index in [1.165, 1.54) is 43.5 Å². The average molecular weight is 515 g/mol. The molecule has 180 valence electrons. The number of nitro benzene ring substituents is 1. The van der Waals surface area contributed by atoms with Gasteiger partial charge in [-0.1, -0.05) is 36.0 Å². The number of amides is 1. The van der Waals surface area contributed by atoms with Gasteiger partial charge in [0.25, 0.3) is 20.9 Å². The average Bonchev–Trinajstić information content (AvgIpc) is 3.25. The number of hydrogen-bond donors (Lipinski definition) is 2. The number of oxazole rings is 1. The molecule has 0 aliphatic rings. The topological polar surface area (TPSA) is 154 Å². The Kier molecular flexibility index (Phi) is 6.89. The van der Waals surface area contributed by atoms with E-state index in [4.69, 9.17) is 9.15 Å². The molecule has 1 amide bonds. The van der Waals surface area contributed by atoms with Crippen molar-refractivity contribution in [2.75, 3.05) is 22.9 Å². The number of ether oxygens (including phenoxy) is 1. The minimum absolute atomic E-state index is 0.0325. The number of para-hydroxylation sites is 4. The Morgan fingerprint density at radius 3 is 2.57 bits per heavy atom. The number of hydrogen-bond acceptors (Lipinski definition) is 9. The minimum atomic E-state index is -3.94. The molecule has 0 unspecified atom stereocenters. The second-order valence-electron chi connectivity index (χ2n) is 7.03. The summed E-state index contributed by atoms with van der Waals surface area (Å²) in [5.41, 5.74) is 0.773. The number of nitrogens with one attached hydrogen (secondary N) is 2. The summed E-state index contributed by atoms with van der Waals surface area (Å²) in [5.74, 6) is -0.244. The van der Waals surface area contributed by atoms with Crippen molar-refractivity contribution in [2.24, 2.45) is 0 Å². The fourth-order valence-electron chi connectivity index (χ4n) is 3.10. The summed E-state index contributed by atoms with van der Waals surface area (Å²) in [6.45, 7) is 0. The monoisotopic (exact) mass is 514 g/mol. The molecule has 0 aliphatic carbocycles. The van der Waals surface area contributed by atoms with Crippen molar-refractivity contribution >= 4 is 55.9 Å². The fourth-order valence-corrected chi connectivity index (χ4v) is 4.83.